The number of hydrogen-bond donors (Lipinski definition) is 0. The summed E-state index contributed by atoms with van der Waals surface area (Å²) in [5.74, 6) is 0. The monoisotopic (exact) mass is 1060 g/mol. The standard InChI is InChI=1S/C79H82BN/c1-10-12-14-16-18-24-41-79(42-25-19-17-15-13-11-2)67-30-22-20-27-61(67)64-38-34-57(48-70(64)79)56-33-37-62-63-39-35-59(49-69(63)78(8,9)68(62)47-56)75-52(4)45-60(46-53(75)5)58-36-40-74-72(50-58)80(76-54(6)43-51(3)44-55(76)7)71-31-26-29-66-65-28-21-23-32-73(65)81(74)77(66)71/h20-23,26-40,43-50H,10-19,24-25,41-42H2,1-9H3. The molecule has 406 valence electrons. The molecule has 2 heteroatoms. The molecule has 2 aliphatic carbocycles. The topological polar surface area (TPSA) is 4.93 Å². The van der Waals surface area contributed by atoms with Crippen molar-refractivity contribution in [3.63, 3.8) is 0 Å². The van der Waals surface area contributed by atoms with Crippen LogP contribution in [0.1, 0.15) is 168 Å². The molecular formula is C79H82BN. The van der Waals surface area contributed by atoms with Crippen molar-refractivity contribution in [1.82, 2.24) is 4.57 Å². The van der Waals surface area contributed by atoms with Gasteiger partial charge in [-0.3, -0.25) is 0 Å². The van der Waals surface area contributed by atoms with Crippen LogP contribution in [0, 0.1) is 34.6 Å². The average Bonchev–Trinajstić information content (AvgIpc) is 4.27. The predicted octanol–water partition coefficient (Wildman–Crippen LogP) is 20.2. The van der Waals surface area contributed by atoms with E-state index in [1.165, 1.54) is 228 Å². The largest absolute Gasteiger partial charge is 0.310 e. The number of fused-ring (bicyclic) bond motifs is 11. The van der Waals surface area contributed by atoms with Crippen LogP contribution in [0.2, 0.25) is 0 Å². The number of aromatic nitrogens is 1. The van der Waals surface area contributed by atoms with Crippen LogP contribution in [0.15, 0.2) is 164 Å². The van der Waals surface area contributed by atoms with Crippen molar-refractivity contribution in [3.8, 4) is 61.3 Å². The second-order valence-electron chi connectivity index (χ2n) is 25.7. The van der Waals surface area contributed by atoms with Gasteiger partial charge in [0.25, 0.3) is 0 Å². The second kappa shape index (κ2) is 21.3. The molecule has 9 aromatic carbocycles. The molecule has 0 bridgehead atoms. The van der Waals surface area contributed by atoms with Crippen molar-refractivity contribution >= 4 is 44.9 Å². The Balaban J connectivity index is 0.830. The van der Waals surface area contributed by atoms with Gasteiger partial charge in [-0.15, -0.1) is 0 Å². The summed E-state index contributed by atoms with van der Waals surface area (Å²) in [6.45, 7) is 21.2. The fourth-order valence-corrected chi connectivity index (χ4v) is 16.2. The zero-order chi connectivity index (χ0) is 55.7. The van der Waals surface area contributed by atoms with Crippen LogP contribution in [0.4, 0.5) is 0 Å². The summed E-state index contributed by atoms with van der Waals surface area (Å²) >= 11 is 0. The lowest BCUT2D eigenvalue weighted by Crippen LogP contribution is -2.57. The summed E-state index contributed by atoms with van der Waals surface area (Å²) in [6.07, 6.45) is 18.5. The van der Waals surface area contributed by atoms with Crippen LogP contribution in [0.5, 0.6) is 0 Å². The van der Waals surface area contributed by atoms with Gasteiger partial charge in [-0.1, -0.05) is 260 Å². The lowest BCUT2D eigenvalue weighted by molar-refractivity contribution is 0.398. The molecule has 1 aromatic heterocycles. The van der Waals surface area contributed by atoms with Crippen LogP contribution < -0.4 is 16.4 Å². The quantitative estimate of drug-likeness (QED) is 0.0596. The zero-order valence-electron chi connectivity index (χ0n) is 50.0. The highest BCUT2D eigenvalue weighted by Gasteiger charge is 2.43. The van der Waals surface area contributed by atoms with E-state index in [9.17, 15) is 0 Å². The fraction of sp³-hybridized carbons (Fsp3) is 0.316. The van der Waals surface area contributed by atoms with Gasteiger partial charge >= 0.3 is 0 Å². The molecule has 0 N–H and O–H groups in total. The Hall–Kier alpha value is -7.16. The highest BCUT2D eigenvalue weighted by molar-refractivity contribution is 6.98. The first kappa shape index (κ1) is 53.2. The van der Waals surface area contributed by atoms with Crippen LogP contribution in [0.25, 0.3) is 83.1 Å². The molecule has 81 heavy (non-hydrogen) atoms. The van der Waals surface area contributed by atoms with E-state index in [1.807, 2.05) is 0 Å². The maximum absolute atomic E-state index is 2.64. The van der Waals surface area contributed by atoms with Gasteiger partial charge in [-0.05, 0) is 178 Å². The molecule has 0 saturated carbocycles. The number of nitrogens with zero attached hydrogens (tertiary/aromatic N) is 1. The summed E-state index contributed by atoms with van der Waals surface area (Å²) in [6, 6.07) is 64.7. The molecule has 2 heterocycles. The molecule has 1 nitrogen and oxygen atoms in total. The van der Waals surface area contributed by atoms with E-state index in [0.717, 1.165) is 0 Å². The van der Waals surface area contributed by atoms with Gasteiger partial charge in [0.15, 0.2) is 0 Å². The Labute approximate surface area is 485 Å². The first-order valence-electron chi connectivity index (χ1n) is 31.3. The first-order valence-corrected chi connectivity index (χ1v) is 31.3. The van der Waals surface area contributed by atoms with Crippen molar-refractivity contribution in [2.75, 3.05) is 0 Å². The maximum Gasteiger partial charge on any atom is 0.247 e. The molecular weight excluding hydrogens is 974 g/mol. The highest BCUT2D eigenvalue weighted by atomic mass is 15.0. The SMILES string of the molecule is CCCCCCCCC1(CCCCCCCC)c2ccccc2-c2ccc(-c3ccc4c(c3)C(C)(C)c3cc(-c5c(C)cc(-c6ccc7c(c6)B(c6c(C)cc(C)cc6C)c6cccc8c9ccccc9n-7c68)cc5C)ccc3-4)cc21. The third-order valence-corrected chi connectivity index (χ3v) is 20.0. The molecule has 0 atom stereocenters. The molecule has 0 spiro atoms. The van der Waals surface area contributed by atoms with Crippen LogP contribution in [-0.2, 0) is 10.8 Å². The molecule has 0 saturated heterocycles. The Kier molecular flexibility index (Phi) is 14.0. The van der Waals surface area contributed by atoms with Gasteiger partial charge in [0, 0.05) is 32.8 Å². The molecule has 0 radical (unpaired) electrons. The first-order chi connectivity index (χ1) is 39.4. The van der Waals surface area contributed by atoms with Gasteiger partial charge in [0.1, 0.15) is 0 Å². The van der Waals surface area contributed by atoms with E-state index in [4.69, 9.17) is 0 Å². The van der Waals surface area contributed by atoms with E-state index in [1.54, 1.807) is 11.1 Å². The normalized spacial score (nSPS) is 14.1. The Morgan fingerprint density at radius 2 is 0.914 bits per heavy atom. The van der Waals surface area contributed by atoms with Crippen molar-refractivity contribution in [1.29, 1.82) is 0 Å². The van der Waals surface area contributed by atoms with E-state index >= 15 is 0 Å². The number of aryl methyl sites for hydroxylation is 5. The number of benzene rings is 9. The van der Waals surface area contributed by atoms with Crippen LogP contribution in [-0.4, -0.2) is 11.3 Å². The van der Waals surface area contributed by atoms with Gasteiger partial charge in [0.2, 0.25) is 6.71 Å². The number of rotatable bonds is 18. The Morgan fingerprint density at radius 1 is 0.395 bits per heavy atom. The maximum atomic E-state index is 2.64. The fourth-order valence-electron chi connectivity index (χ4n) is 16.2. The third kappa shape index (κ3) is 8.89. The minimum atomic E-state index is -0.159. The summed E-state index contributed by atoms with van der Waals surface area (Å²) in [5, 5.41) is 2.64. The molecule has 13 rings (SSSR count). The second-order valence-corrected chi connectivity index (χ2v) is 25.7. The molecule has 0 fully saturated rings. The molecule has 1 aliphatic heterocycles. The third-order valence-electron chi connectivity index (χ3n) is 20.0. The lowest BCUT2D eigenvalue weighted by atomic mass is 9.34. The average molecular weight is 1060 g/mol. The van der Waals surface area contributed by atoms with E-state index < -0.39 is 0 Å². The lowest BCUT2D eigenvalue weighted by Gasteiger charge is -2.33. The Bertz CT molecular complexity index is 4020. The van der Waals surface area contributed by atoms with Crippen LogP contribution >= 0.6 is 0 Å². The summed E-state index contributed by atoms with van der Waals surface area (Å²) in [5.41, 5.74) is 34.2. The smallest absolute Gasteiger partial charge is 0.247 e. The van der Waals surface area contributed by atoms with Crippen LogP contribution in [0.3, 0.4) is 0 Å². The van der Waals surface area contributed by atoms with Crippen molar-refractivity contribution < 1.29 is 0 Å². The van der Waals surface area contributed by atoms with E-state index in [0.29, 0.717) is 0 Å². The highest BCUT2D eigenvalue weighted by Crippen LogP contribution is 2.56. The summed E-state index contributed by atoms with van der Waals surface area (Å²) in [4.78, 5) is 0. The Morgan fingerprint density at radius 3 is 1.58 bits per heavy atom. The minimum absolute atomic E-state index is 0.0665. The minimum Gasteiger partial charge on any atom is -0.310 e. The summed E-state index contributed by atoms with van der Waals surface area (Å²) in [7, 11) is 0. The molecule has 10 aromatic rings. The summed E-state index contributed by atoms with van der Waals surface area (Å²) < 4.78 is 2.55. The zero-order valence-corrected chi connectivity index (χ0v) is 50.0. The van der Waals surface area contributed by atoms with E-state index in [2.05, 4.69) is 231 Å². The van der Waals surface area contributed by atoms with Gasteiger partial charge < -0.3 is 4.57 Å². The number of unbranched alkanes of at least 4 members (excludes halogenated alkanes) is 10. The number of para-hydroxylation sites is 2. The van der Waals surface area contributed by atoms with Gasteiger partial charge in [-0.2, -0.15) is 0 Å². The predicted molar refractivity (Wildman–Crippen MR) is 352 cm³/mol. The molecule has 0 amide bonds. The molecule has 0 unspecified atom stereocenters. The van der Waals surface area contributed by atoms with Gasteiger partial charge in [0.05, 0.1) is 5.52 Å². The van der Waals surface area contributed by atoms with Crippen molar-refractivity contribution in [3.05, 3.63) is 214 Å². The molecule has 3 aliphatic rings. The van der Waals surface area contributed by atoms with E-state index in [-0.39, 0.29) is 17.5 Å². The number of hydrogen-bond acceptors (Lipinski definition) is 0. The van der Waals surface area contributed by atoms with Crippen molar-refractivity contribution in [2.24, 2.45) is 0 Å². The van der Waals surface area contributed by atoms with Gasteiger partial charge in [-0.25, -0.2) is 0 Å². The van der Waals surface area contributed by atoms with Crippen molar-refractivity contribution in [2.45, 2.75) is 163 Å².